The largest absolute Gasteiger partial charge is 0.340 e. The number of hydrogen-bond donors (Lipinski definition) is 3. The smallest absolute Gasteiger partial charge is 0.267 e. The Morgan fingerprint density at radius 2 is 2.15 bits per heavy atom. The summed E-state index contributed by atoms with van der Waals surface area (Å²) in [5.74, 6) is 0.714. The van der Waals surface area contributed by atoms with Gasteiger partial charge in [0, 0.05) is 6.08 Å². The fourth-order valence-corrected chi connectivity index (χ4v) is 3.65. The van der Waals surface area contributed by atoms with Crippen LogP contribution in [0.4, 0.5) is 0 Å². The number of nitrogens with zero attached hydrogens (tertiary/aromatic N) is 4. The van der Waals surface area contributed by atoms with Crippen molar-refractivity contribution in [2.45, 2.75) is 31.7 Å². The fraction of sp³-hybridized carbons (Fsp3) is 0.333. The molecule has 1 atom stereocenters. The molecule has 0 aliphatic heterocycles. The molecule has 1 fully saturated rings. The highest BCUT2D eigenvalue weighted by atomic mass is 16.5. The average Bonchev–Trinajstić information content (AvgIpc) is 3.41. The third kappa shape index (κ3) is 3.23. The molecule has 1 amide bonds. The molecule has 0 bridgehead atoms. The van der Waals surface area contributed by atoms with Crippen LogP contribution in [-0.4, -0.2) is 36.1 Å². The van der Waals surface area contributed by atoms with E-state index in [4.69, 9.17) is 10.2 Å². The molecule has 8 nitrogen and oxygen atoms in total. The van der Waals surface area contributed by atoms with Gasteiger partial charge in [0.2, 0.25) is 0 Å². The fourth-order valence-electron chi connectivity index (χ4n) is 3.65. The molecule has 26 heavy (non-hydrogen) atoms. The maximum atomic E-state index is 11.1. The molecule has 3 N–H and O–H groups in total. The molecule has 2 aromatic heterocycles. The molecule has 134 valence electrons. The van der Waals surface area contributed by atoms with Crippen LogP contribution >= 0.6 is 0 Å². The highest BCUT2D eigenvalue weighted by Crippen LogP contribution is 2.37. The van der Waals surface area contributed by atoms with Gasteiger partial charge >= 0.3 is 0 Å². The molecule has 8 heteroatoms. The molecule has 1 aromatic carbocycles. The number of aromatic amines is 1. The number of H-pyrrole nitrogens is 1. The van der Waals surface area contributed by atoms with Crippen molar-refractivity contribution in [2.24, 2.45) is 5.92 Å². The lowest BCUT2D eigenvalue weighted by molar-refractivity contribution is -0.124. The van der Waals surface area contributed by atoms with Gasteiger partial charge in [0.1, 0.15) is 17.6 Å². The maximum absolute atomic E-state index is 11.1. The molecule has 1 saturated carbocycles. The van der Waals surface area contributed by atoms with Crippen LogP contribution in [0.25, 0.3) is 17.1 Å². The number of benzene rings is 1. The third-order valence-corrected chi connectivity index (χ3v) is 4.86. The minimum absolute atomic E-state index is 0.0220. The quantitative estimate of drug-likeness (QED) is 0.371. The Balaban J connectivity index is 1.68. The van der Waals surface area contributed by atoms with Gasteiger partial charge in [-0.1, -0.05) is 30.2 Å². The predicted molar refractivity (Wildman–Crippen MR) is 95.2 cm³/mol. The van der Waals surface area contributed by atoms with E-state index in [2.05, 4.69) is 15.3 Å². The van der Waals surface area contributed by atoms with E-state index in [-0.39, 0.29) is 6.04 Å². The summed E-state index contributed by atoms with van der Waals surface area (Å²) in [6, 6.07) is 7.94. The van der Waals surface area contributed by atoms with Crippen molar-refractivity contribution in [1.29, 1.82) is 0 Å². The van der Waals surface area contributed by atoms with Gasteiger partial charge in [0.05, 0.1) is 17.2 Å². The van der Waals surface area contributed by atoms with Crippen molar-refractivity contribution < 1.29 is 10.0 Å². The number of nitrogens with one attached hydrogen (secondary N) is 2. The molecular weight excluding hydrogens is 332 g/mol. The summed E-state index contributed by atoms with van der Waals surface area (Å²) in [6.45, 7) is 0. The van der Waals surface area contributed by atoms with E-state index in [1.807, 2.05) is 28.9 Å². The monoisotopic (exact) mass is 352 g/mol. The van der Waals surface area contributed by atoms with Crippen LogP contribution in [0.1, 0.15) is 43.2 Å². The summed E-state index contributed by atoms with van der Waals surface area (Å²) in [5.41, 5.74) is 4.04. The number of rotatable bonds is 5. The van der Waals surface area contributed by atoms with Crippen molar-refractivity contribution in [1.82, 2.24) is 30.4 Å². The van der Waals surface area contributed by atoms with Crippen LogP contribution < -0.4 is 5.48 Å². The Kier molecular flexibility index (Phi) is 4.49. The molecule has 3 aromatic rings. The molecule has 4 rings (SSSR count). The maximum Gasteiger partial charge on any atom is 0.267 e. The number of para-hydroxylation sites is 2. The van der Waals surface area contributed by atoms with Gasteiger partial charge in [0.25, 0.3) is 5.91 Å². The molecule has 0 radical (unpaired) electrons. The van der Waals surface area contributed by atoms with Gasteiger partial charge in [-0.15, -0.1) is 5.10 Å². The first-order chi connectivity index (χ1) is 12.7. The zero-order chi connectivity index (χ0) is 17.9. The number of carbonyl (C=O) groups is 1. The minimum atomic E-state index is -0.607. The summed E-state index contributed by atoms with van der Waals surface area (Å²) in [7, 11) is 0. The van der Waals surface area contributed by atoms with Crippen molar-refractivity contribution in [3.63, 3.8) is 0 Å². The Morgan fingerprint density at radius 3 is 2.92 bits per heavy atom. The molecule has 0 spiro atoms. The Hall–Kier alpha value is -3.00. The van der Waals surface area contributed by atoms with Gasteiger partial charge in [-0.2, -0.15) is 0 Å². The number of imidazole rings is 1. The first-order valence-corrected chi connectivity index (χ1v) is 8.73. The Bertz CT molecular complexity index is 905. The number of hydrogen-bond acceptors (Lipinski definition) is 5. The van der Waals surface area contributed by atoms with Crippen molar-refractivity contribution in [2.75, 3.05) is 0 Å². The number of hydroxylamine groups is 1. The first-order valence-electron chi connectivity index (χ1n) is 8.73. The molecular formula is C18H20N6O2. The highest BCUT2D eigenvalue weighted by molar-refractivity contribution is 5.90. The zero-order valence-corrected chi connectivity index (χ0v) is 14.2. The molecule has 1 aliphatic rings. The normalized spacial score (nSPS) is 16.5. The van der Waals surface area contributed by atoms with E-state index in [0.29, 0.717) is 11.6 Å². The van der Waals surface area contributed by atoms with Crippen LogP contribution in [0, 0.1) is 5.92 Å². The Morgan fingerprint density at radius 1 is 1.35 bits per heavy atom. The number of aromatic nitrogens is 5. The lowest BCUT2D eigenvalue weighted by atomic mass is 9.97. The van der Waals surface area contributed by atoms with Gasteiger partial charge in [-0.25, -0.2) is 15.1 Å². The van der Waals surface area contributed by atoms with E-state index in [1.165, 1.54) is 25.0 Å². The lowest BCUT2D eigenvalue weighted by Gasteiger charge is -2.21. The predicted octanol–water partition coefficient (Wildman–Crippen LogP) is 2.45. The van der Waals surface area contributed by atoms with Crippen LogP contribution in [0.5, 0.6) is 0 Å². The van der Waals surface area contributed by atoms with Crippen LogP contribution in [0.3, 0.4) is 0 Å². The van der Waals surface area contributed by atoms with E-state index in [9.17, 15) is 4.79 Å². The highest BCUT2D eigenvalue weighted by Gasteiger charge is 2.31. The SMILES string of the molecule is O=C(/C=C/c1cn(C(c2nc3ccccc3[nH]2)C2CCCC2)nn1)NO. The van der Waals surface area contributed by atoms with E-state index < -0.39 is 5.91 Å². The molecule has 2 heterocycles. The van der Waals surface area contributed by atoms with Crippen molar-refractivity contribution in [3.05, 3.63) is 48.1 Å². The van der Waals surface area contributed by atoms with Crippen molar-refractivity contribution >= 4 is 23.0 Å². The first kappa shape index (κ1) is 16.5. The van der Waals surface area contributed by atoms with Gasteiger partial charge in [-0.3, -0.25) is 10.0 Å². The van der Waals surface area contributed by atoms with Gasteiger partial charge in [0.15, 0.2) is 0 Å². The second-order valence-corrected chi connectivity index (χ2v) is 6.56. The van der Waals surface area contributed by atoms with Crippen molar-refractivity contribution in [3.8, 4) is 0 Å². The number of carbonyl (C=O) groups excluding carboxylic acids is 1. The Labute approximate surface area is 149 Å². The summed E-state index contributed by atoms with van der Waals surface area (Å²) < 4.78 is 1.82. The zero-order valence-electron chi connectivity index (χ0n) is 14.2. The van der Waals surface area contributed by atoms with E-state index in [1.54, 1.807) is 11.7 Å². The van der Waals surface area contributed by atoms with Gasteiger partial charge < -0.3 is 4.98 Å². The van der Waals surface area contributed by atoms with E-state index in [0.717, 1.165) is 29.7 Å². The van der Waals surface area contributed by atoms with E-state index >= 15 is 0 Å². The minimum Gasteiger partial charge on any atom is -0.340 e. The molecule has 0 saturated heterocycles. The second-order valence-electron chi connectivity index (χ2n) is 6.56. The molecule has 1 aliphatic carbocycles. The van der Waals surface area contributed by atoms with Crippen LogP contribution in [0.2, 0.25) is 0 Å². The topological polar surface area (TPSA) is 109 Å². The third-order valence-electron chi connectivity index (χ3n) is 4.86. The van der Waals surface area contributed by atoms with Crippen LogP contribution in [0.15, 0.2) is 36.5 Å². The van der Waals surface area contributed by atoms with Crippen LogP contribution in [-0.2, 0) is 4.79 Å². The summed E-state index contributed by atoms with van der Waals surface area (Å²) >= 11 is 0. The number of amides is 1. The molecule has 1 unspecified atom stereocenters. The summed E-state index contributed by atoms with van der Waals surface area (Å²) in [6.07, 6.45) is 9.19. The standard InChI is InChI=1S/C18H20N6O2/c25-16(22-26)10-9-13-11-24(23-21-13)17(12-5-1-2-6-12)18-19-14-7-3-4-8-15(14)20-18/h3-4,7-12,17,26H,1-2,5-6H2,(H,19,20)(H,22,25)/b10-9+. The summed E-state index contributed by atoms with van der Waals surface area (Å²) in [4.78, 5) is 19.3. The average molecular weight is 352 g/mol. The van der Waals surface area contributed by atoms with Gasteiger partial charge in [-0.05, 0) is 37.0 Å². The second kappa shape index (κ2) is 7.09. The summed E-state index contributed by atoms with van der Waals surface area (Å²) in [5, 5.41) is 17.0. The number of fused-ring (bicyclic) bond motifs is 1. The lowest BCUT2D eigenvalue weighted by Crippen LogP contribution is -2.21.